The summed E-state index contributed by atoms with van der Waals surface area (Å²) in [7, 11) is 1.56. The smallest absolute Gasteiger partial charge is 0.338 e. The first-order valence-electron chi connectivity index (χ1n) is 13.6. The van der Waals surface area contributed by atoms with Crippen molar-refractivity contribution in [1.29, 1.82) is 0 Å². The topological polar surface area (TPSA) is 105 Å². The highest BCUT2D eigenvalue weighted by Gasteiger charge is 2.36. The van der Waals surface area contributed by atoms with Gasteiger partial charge >= 0.3 is 11.9 Å². The Kier molecular flexibility index (Phi) is 8.84. The number of ether oxygens (including phenoxy) is 4. The molecule has 1 aliphatic rings. The highest BCUT2D eigenvalue weighted by atomic mass is 79.9. The molecule has 3 aromatic carbocycles. The van der Waals surface area contributed by atoms with Crippen LogP contribution in [0.25, 0.3) is 16.8 Å². The number of carbonyl (C=O) groups excluding carboxylic acids is 2. The van der Waals surface area contributed by atoms with E-state index in [1.807, 2.05) is 43.3 Å². The number of methoxy groups -OCH3 is 1. The van der Waals surface area contributed by atoms with Gasteiger partial charge in [-0.1, -0.05) is 41.7 Å². The lowest BCUT2D eigenvalue weighted by Crippen LogP contribution is -2.40. The van der Waals surface area contributed by atoms with Crippen molar-refractivity contribution in [2.75, 3.05) is 20.3 Å². The van der Waals surface area contributed by atoms with E-state index in [0.717, 1.165) is 10.8 Å². The van der Waals surface area contributed by atoms with Gasteiger partial charge in [-0.15, -0.1) is 0 Å². The van der Waals surface area contributed by atoms with Crippen LogP contribution in [0.2, 0.25) is 0 Å². The number of thiazole rings is 1. The minimum atomic E-state index is -0.851. The third kappa shape index (κ3) is 5.74. The number of nitrogens with zero attached hydrogens (tertiary/aromatic N) is 2. The average Bonchev–Trinajstić information content (AvgIpc) is 3.27. The number of aromatic nitrogens is 1. The van der Waals surface area contributed by atoms with Gasteiger partial charge in [0.2, 0.25) is 0 Å². The number of hydrogen-bond acceptors (Lipinski definition) is 9. The number of esters is 2. The summed E-state index contributed by atoms with van der Waals surface area (Å²) < 4.78 is 24.7. The molecule has 0 amide bonds. The Balaban J connectivity index is 1.78. The molecule has 1 atom stereocenters. The monoisotopic (exact) mass is 664 g/mol. The molecule has 2 heterocycles. The van der Waals surface area contributed by atoms with Gasteiger partial charge in [0.05, 0.1) is 40.6 Å². The number of allylic oxidation sites excluding steroid dienone is 1. The molecule has 222 valence electrons. The summed E-state index contributed by atoms with van der Waals surface area (Å²) in [6, 6.07) is 14.1. The maximum Gasteiger partial charge on any atom is 0.338 e. The molecule has 0 saturated heterocycles. The molecule has 0 spiro atoms. The number of fused-ring (bicyclic) bond motifs is 2. The lowest BCUT2D eigenvalue weighted by atomic mass is 9.90. The molecule has 11 heteroatoms. The largest absolute Gasteiger partial charge is 0.496 e. The fourth-order valence-corrected chi connectivity index (χ4v) is 6.72. The number of carbonyl (C=O) groups is 2. The highest BCUT2D eigenvalue weighted by molar-refractivity contribution is 9.10. The predicted octanol–water partition coefficient (Wildman–Crippen LogP) is 5.05. The van der Waals surface area contributed by atoms with Crippen molar-refractivity contribution >= 4 is 56.1 Å². The van der Waals surface area contributed by atoms with E-state index in [1.165, 1.54) is 22.8 Å². The molecule has 0 radical (unpaired) electrons. The summed E-state index contributed by atoms with van der Waals surface area (Å²) in [6.07, 6.45) is 1.72. The summed E-state index contributed by atoms with van der Waals surface area (Å²) in [5.41, 5.74) is 1.69. The van der Waals surface area contributed by atoms with Crippen LogP contribution in [0.4, 0.5) is 0 Å². The van der Waals surface area contributed by atoms with Crippen molar-refractivity contribution in [3.63, 3.8) is 0 Å². The molecule has 4 aromatic rings. The summed E-state index contributed by atoms with van der Waals surface area (Å²) in [5, 5.41) is 1.77. The average molecular weight is 666 g/mol. The number of rotatable bonds is 8. The van der Waals surface area contributed by atoms with Crippen molar-refractivity contribution in [3.05, 3.63) is 95.1 Å². The van der Waals surface area contributed by atoms with Crippen molar-refractivity contribution < 1.29 is 28.5 Å². The van der Waals surface area contributed by atoms with E-state index in [-0.39, 0.29) is 23.5 Å². The van der Waals surface area contributed by atoms with Crippen LogP contribution in [0, 0.1) is 0 Å². The van der Waals surface area contributed by atoms with Gasteiger partial charge in [0.1, 0.15) is 11.8 Å². The van der Waals surface area contributed by atoms with Crippen LogP contribution in [0.15, 0.2) is 74.1 Å². The van der Waals surface area contributed by atoms with Crippen LogP contribution < -0.4 is 29.1 Å². The Morgan fingerprint density at radius 1 is 1.09 bits per heavy atom. The zero-order valence-electron chi connectivity index (χ0n) is 24.2. The standard InChI is InChI=1S/C32H29BrN2O7S/c1-6-40-24-15-19(14-22(33)29(24)42-18(4)36)16-25-30(37)35-28(26(31(38)41-7-2)17(3)34-32(35)43-25)27-21-11-9-8-10-20(21)12-13-23(27)39-5/h8-16,28H,6-7H2,1-5H3/b25-16-/t28-/m0/s1. The SMILES string of the molecule is CCOC(=O)C1=C(C)N=c2s/c(=C\c3cc(Br)c(OC(C)=O)c(OCC)c3)c(=O)n2[C@@H]1c1c(OC)ccc2ccccc12. The van der Waals surface area contributed by atoms with Crippen molar-refractivity contribution in [3.8, 4) is 17.2 Å². The molecule has 0 unspecified atom stereocenters. The maximum atomic E-state index is 14.2. The Labute approximate surface area is 259 Å². The molecule has 0 aliphatic carbocycles. The number of hydrogen-bond donors (Lipinski definition) is 0. The van der Waals surface area contributed by atoms with E-state index in [9.17, 15) is 14.4 Å². The third-order valence-electron chi connectivity index (χ3n) is 6.82. The first-order chi connectivity index (χ1) is 20.7. The lowest BCUT2D eigenvalue weighted by Gasteiger charge is -2.27. The highest BCUT2D eigenvalue weighted by Crippen LogP contribution is 2.41. The van der Waals surface area contributed by atoms with E-state index in [1.54, 1.807) is 39.2 Å². The van der Waals surface area contributed by atoms with Gasteiger partial charge in [-0.25, -0.2) is 9.79 Å². The van der Waals surface area contributed by atoms with Gasteiger partial charge in [-0.3, -0.25) is 14.2 Å². The Morgan fingerprint density at radius 2 is 1.86 bits per heavy atom. The zero-order valence-corrected chi connectivity index (χ0v) is 26.6. The van der Waals surface area contributed by atoms with E-state index in [4.69, 9.17) is 18.9 Å². The van der Waals surface area contributed by atoms with E-state index < -0.39 is 18.0 Å². The van der Waals surface area contributed by atoms with Crippen LogP contribution in [-0.2, 0) is 14.3 Å². The van der Waals surface area contributed by atoms with E-state index in [2.05, 4.69) is 20.9 Å². The normalized spacial score (nSPS) is 14.7. The van der Waals surface area contributed by atoms with Gasteiger partial charge < -0.3 is 18.9 Å². The first-order valence-corrected chi connectivity index (χ1v) is 15.2. The van der Waals surface area contributed by atoms with Gasteiger partial charge in [-0.05, 0) is 77.3 Å². The van der Waals surface area contributed by atoms with E-state index in [0.29, 0.717) is 48.7 Å². The summed E-state index contributed by atoms with van der Waals surface area (Å²) in [5.74, 6) is 0.0977. The Hall–Kier alpha value is -4.22. The molecule has 0 saturated carbocycles. The van der Waals surface area contributed by atoms with Crippen LogP contribution in [0.5, 0.6) is 17.2 Å². The molecule has 0 bridgehead atoms. The molecule has 0 N–H and O–H groups in total. The quantitative estimate of drug-likeness (QED) is 0.192. The summed E-state index contributed by atoms with van der Waals surface area (Å²) in [6.45, 7) is 7.12. The Bertz CT molecular complexity index is 1980. The second kappa shape index (κ2) is 12.6. The second-order valence-corrected chi connectivity index (χ2v) is 11.4. The van der Waals surface area contributed by atoms with Gasteiger partial charge in [0.15, 0.2) is 16.3 Å². The molecular weight excluding hydrogens is 636 g/mol. The number of benzene rings is 3. The maximum absolute atomic E-state index is 14.2. The Morgan fingerprint density at radius 3 is 2.56 bits per heavy atom. The van der Waals surface area contributed by atoms with E-state index >= 15 is 0 Å². The molecule has 9 nitrogen and oxygen atoms in total. The fraction of sp³-hybridized carbons (Fsp3) is 0.250. The van der Waals surface area contributed by atoms with Gasteiger partial charge in [-0.2, -0.15) is 0 Å². The predicted molar refractivity (Wildman–Crippen MR) is 168 cm³/mol. The summed E-state index contributed by atoms with van der Waals surface area (Å²) >= 11 is 4.67. The molecule has 5 rings (SSSR count). The summed E-state index contributed by atoms with van der Waals surface area (Å²) in [4.78, 5) is 44.5. The molecule has 43 heavy (non-hydrogen) atoms. The van der Waals surface area contributed by atoms with Crippen molar-refractivity contribution in [2.24, 2.45) is 4.99 Å². The zero-order chi connectivity index (χ0) is 30.8. The third-order valence-corrected chi connectivity index (χ3v) is 8.39. The lowest BCUT2D eigenvalue weighted by molar-refractivity contribution is -0.139. The van der Waals surface area contributed by atoms with Gasteiger partial charge in [0.25, 0.3) is 5.56 Å². The molecule has 1 aromatic heterocycles. The minimum Gasteiger partial charge on any atom is -0.496 e. The van der Waals surface area contributed by atoms with Gasteiger partial charge in [0, 0.05) is 12.5 Å². The van der Waals surface area contributed by atoms with Crippen molar-refractivity contribution in [2.45, 2.75) is 33.7 Å². The minimum absolute atomic E-state index is 0.166. The fourth-order valence-electron chi connectivity index (χ4n) is 5.13. The van der Waals surface area contributed by atoms with Crippen LogP contribution in [-0.4, -0.2) is 36.8 Å². The van der Waals surface area contributed by atoms with Crippen LogP contribution >= 0.6 is 27.3 Å². The molecule has 0 fully saturated rings. The molecular formula is C32H29BrN2O7S. The second-order valence-electron chi connectivity index (χ2n) is 9.56. The molecule has 1 aliphatic heterocycles. The van der Waals surface area contributed by atoms with Crippen molar-refractivity contribution in [1.82, 2.24) is 4.57 Å². The van der Waals surface area contributed by atoms with Crippen LogP contribution in [0.1, 0.15) is 44.9 Å². The first kappa shape index (κ1) is 30.2. The van der Waals surface area contributed by atoms with Crippen LogP contribution in [0.3, 0.4) is 0 Å². The number of halogens is 1.